The summed E-state index contributed by atoms with van der Waals surface area (Å²) in [4.78, 5) is 12.3. The molecule has 0 aromatic heterocycles. The van der Waals surface area contributed by atoms with Crippen LogP contribution < -0.4 is 9.47 Å². The molecule has 3 rings (SSSR count). The Bertz CT molecular complexity index is 694. The molecule has 2 aromatic rings. The number of aromatic hydroxyl groups is 2. The fourth-order valence-electron chi connectivity index (χ4n) is 2.50. The van der Waals surface area contributed by atoms with Crippen LogP contribution in [0, 0.1) is 0 Å². The van der Waals surface area contributed by atoms with Crippen LogP contribution in [0.25, 0.3) is 0 Å². The zero-order valence-electron chi connectivity index (χ0n) is 11.4. The molecule has 1 aliphatic rings. The van der Waals surface area contributed by atoms with E-state index in [0.717, 1.165) is 5.56 Å². The number of fused-ring (bicyclic) bond motifs is 1. The number of phenols is 2. The van der Waals surface area contributed by atoms with E-state index in [4.69, 9.17) is 9.47 Å². The highest BCUT2D eigenvalue weighted by molar-refractivity contribution is 6.03. The van der Waals surface area contributed by atoms with Crippen molar-refractivity contribution in [3.05, 3.63) is 47.5 Å². The van der Waals surface area contributed by atoms with Crippen molar-refractivity contribution in [1.82, 2.24) is 0 Å². The number of Topliss-reactive ketones (excluding diaryl/α,β-unsaturated/α-hetero) is 1. The van der Waals surface area contributed by atoms with Gasteiger partial charge in [-0.05, 0) is 5.56 Å². The smallest absolute Gasteiger partial charge is 0.203 e. The van der Waals surface area contributed by atoms with Crippen LogP contribution in [0.15, 0.2) is 36.4 Å². The van der Waals surface area contributed by atoms with Gasteiger partial charge in [-0.1, -0.05) is 30.3 Å². The predicted molar refractivity (Wildman–Crippen MR) is 75.1 cm³/mol. The maximum atomic E-state index is 12.3. The summed E-state index contributed by atoms with van der Waals surface area (Å²) in [5.74, 6) is -0.861. The van der Waals surface area contributed by atoms with Gasteiger partial charge >= 0.3 is 0 Å². The first kappa shape index (κ1) is 13.3. The van der Waals surface area contributed by atoms with E-state index in [2.05, 4.69) is 0 Å². The van der Waals surface area contributed by atoms with Gasteiger partial charge in [-0.2, -0.15) is 0 Å². The van der Waals surface area contributed by atoms with Crippen LogP contribution in [0.3, 0.4) is 0 Å². The Balaban J connectivity index is 2.06. The molecule has 0 amide bonds. The van der Waals surface area contributed by atoms with E-state index >= 15 is 0 Å². The van der Waals surface area contributed by atoms with Gasteiger partial charge in [0.25, 0.3) is 0 Å². The third kappa shape index (κ3) is 2.16. The quantitative estimate of drug-likeness (QED) is 0.887. The molecular weight excluding hydrogens is 272 g/mol. The zero-order valence-corrected chi connectivity index (χ0v) is 11.4. The third-order valence-corrected chi connectivity index (χ3v) is 3.49. The summed E-state index contributed by atoms with van der Waals surface area (Å²) >= 11 is 0. The van der Waals surface area contributed by atoms with Gasteiger partial charge < -0.3 is 19.7 Å². The molecule has 1 atom stereocenters. The van der Waals surface area contributed by atoms with Crippen molar-refractivity contribution in [3.63, 3.8) is 0 Å². The van der Waals surface area contributed by atoms with Gasteiger partial charge in [0.2, 0.25) is 5.75 Å². The first-order valence-corrected chi connectivity index (χ1v) is 6.49. The fourth-order valence-corrected chi connectivity index (χ4v) is 2.50. The molecule has 0 saturated carbocycles. The molecule has 0 bridgehead atoms. The normalized spacial score (nSPS) is 17.0. The molecule has 21 heavy (non-hydrogen) atoms. The highest BCUT2D eigenvalue weighted by atomic mass is 16.5. The summed E-state index contributed by atoms with van der Waals surface area (Å²) in [6.07, 6.45) is -0.309. The molecule has 0 radical (unpaired) electrons. The molecule has 0 spiro atoms. The van der Waals surface area contributed by atoms with Crippen molar-refractivity contribution in [2.24, 2.45) is 0 Å². The maximum Gasteiger partial charge on any atom is 0.203 e. The number of ether oxygens (including phenoxy) is 2. The Morgan fingerprint density at radius 2 is 1.95 bits per heavy atom. The molecule has 0 unspecified atom stereocenters. The molecule has 2 aromatic carbocycles. The van der Waals surface area contributed by atoms with Gasteiger partial charge in [0.05, 0.1) is 13.5 Å². The van der Waals surface area contributed by atoms with Gasteiger partial charge in [0.15, 0.2) is 17.3 Å². The van der Waals surface area contributed by atoms with Gasteiger partial charge in [-0.25, -0.2) is 0 Å². The van der Waals surface area contributed by atoms with E-state index in [9.17, 15) is 15.0 Å². The zero-order chi connectivity index (χ0) is 15.0. The summed E-state index contributed by atoms with van der Waals surface area (Å²) in [5, 5.41) is 19.9. The van der Waals surface area contributed by atoms with Crippen molar-refractivity contribution in [3.8, 4) is 23.0 Å². The van der Waals surface area contributed by atoms with Gasteiger partial charge in [0.1, 0.15) is 17.4 Å². The number of carbonyl (C=O) groups is 1. The highest BCUT2D eigenvalue weighted by Crippen LogP contribution is 2.48. The number of benzene rings is 2. The average molecular weight is 286 g/mol. The van der Waals surface area contributed by atoms with Crippen LogP contribution in [0.2, 0.25) is 0 Å². The lowest BCUT2D eigenvalue weighted by Gasteiger charge is -2.26. The van der Waals surface area contributed by atoms with Crippen LogP contribution in [0.1, 0.15) is 28.4 Å². The lowest BCUT2D eigenvalue weighted by molar-refractivity contribution is 0.0843. The highest BCUT2D eigenvalue weighted by Gasteiger charge is 2.33. The molecule has 0 aliphatic carbocycles. The van der Waals surface area contributed by atoms with Gasteiger partial charge in [0, 0.05) is 6.07 Å². The topological polar surface area (TPSA) is 76.0 Å². The monoisotopic (exact) mass is 286 g/mol. The standard InChI is InChI=1S/C16H14O5/c1-20-16-11(18)8-13-14(15(16)19)10(17)7-12(21-13)9-5-3-2-4-6-9/h2-6,8,12,18-19H,7H2,1H3/t12-/m1/s1. The Morgan fingerprint density at radius 3 is 2.62 bits per heavy atom. The van der Waals surface area contributed by atoms with Crippen LogP contribution in [-0.2, 0) is 0 Å². The van der Waals surface area contributed by atoms with Crippen LogP contribution >= 0.6 is 0 Å². The van der Waals surface area contributed by atoms with Crippen molar-refractivity contribution in [2.45, 2.75) is 12.5 Å². The number of hydrogen-bond donors (Lipinski definition) is 2. The minimum Gasteiger partial charge on any atom is -0.504 e. The third-order valence-electron chi connectivity index (χ3n) is 3.49. The second-order valence-corrected chi connectivity index (χ2v) is 4.80. The average Bonchev–Trinajstić information content (AvgIpc) is 2.47. The van der Waals surface area contributed by atoms with Crippen molar-refractivity contribution < 1.29 is 24.5 Å². The Labute approximate surface area is 121 Å². The van der Waals surface area contributed by atoms with Crippen molar-refractivity contribution in [1.29, 1.82) is 0 Å². The van der Waals surface area contributed by atoms with E-state index in [1.54, 1.807) is 0 Å². The fraction of sp³-hybridized carbons (Fsp3) is 0.188. The van der Waals surface area contributed by atoms with Crippen LogP contribution in [-0.4, -0.2) is 23.1 Å². The molecule has 0 fully saturated rings. The van der Waals surface area contributed by atoms with Crippen LogP contribution in [0.5, 0.6) is 23.0 Å². The van der Waals surface area contributed by atoms with Crippen molar-refractivity contribution >= 4 is 5.78 Å². The SMILES string of the molecule is COc1c(O)cc2c(c1O)C(=O)C[C@H](c1ccccc1)O2. The number of methoxy groups -OCH3 is 1. The minimum atomic E-state index is -0.432. The maximum absolute atomic E-state index is 12.3. The second-order valence-electron chi connectivity index (χ2n) is 4.80. The van der Waals surface area contributed by atoms with E-state index < -0.39 is 6.10 Å². The molecule has 108 valence electrons. The Hall–Kier alpha value is -2.69. The molecule has 5 heteroatoms. The van der Waals surface area contributed by atoms with Gasteiger partial charge in [-0.3, -0.25) is 4.79 Å². The molecule has 2 N–H and O–H groups in total. The predicted octanol–water partition coefficient (Wildman–Crippen LogP) is 2.81. The van der Waals surface area contributed by atoms with E-state index in [1.165, 1.54) is 13.2 Å². The molecule has 0 saturated heterocycles. The van der Waals surface area contributed by atoms with E-state index in [1.807, 2.05) is 30.3 Å². The number of carbonyl (C=O) groups excluding carboxylic acids is 1. The lowest BCUT2D eigenvalue weighted by Crippen LogP contribution is -2.20. The number of rotatable bonds is 2. The Morgan fingerprint density at radius 1 is 1.24 bits per heavy atom. The van der Waals surface area contributed by atoms with Crippen molar-refractivity contribution in [2.75, 3.05) is 7.11 Å². The summed E-state index contributed by atoms with van der Waals surface area (Å²) in [6, 6.07) is 10.6. The first-order valence-electron chi connectivity index (χ1n) is 6.49. The number of hydrogen-bond acceptors (Lipinski definition) is 5. The minimum absolute atomic E-state index is 0.0526. The molecule has 5 nitrogen and oxygen atoms in total. The number of ketones is 1. The largest absolute Gasteiger partial charge is 0.504 e. The molecular formula is C16H14O5. The summed E-state index contributed by atoms with van der Waals surface area (Å²) in [5.41, 5.74) is 0.920. The van der Waals surface area contributed by atoms with Crippen LogP contribution in [0.4, 0.5) is 0 Å². The summed E-state index contributed by atoms with van der Waals surface area (Å²) < 4.78 is 10.6. The first-order chi connectivity index (χ1) is 10.1. The second kappa shape index (κ2) is 5.01. The van der Waals surface area contributed by atoms with E-state index in [0.29, 0.717) is 0 Å². The number of phenolic OH excluding ortho intramolecular Hbond substituents is 2. The Kier molecular flexibility index (Phi) is 3.17. The molecule has 1 heterocycles. The van der Waals surface area contributed by atoms with Gasteiger partial charge in [-0.15, -0.1) is 0 Å². The van der Waals surface area contributed by atoms with E-state index in [-0.39, 0.29) is 40.8 Å². The molecule has 1 aliphatic heterocycles. The summed E-state index contributed by atoms with van der Waals surface area (Å²) in [7, 11) is 1.31. The summed E-state index contributed by atoms with van der Waals surface area (Å²) in [6.45, 7) is 0. The lowest BCUT2D eigenvalue weighted by atomic mass is 9.95.